The van der Waals surface area contributed by atoms with Gasteiger partial charge in [0.2, 0.25) is 10.0 Å². The van der Waals surface area contributed by atoms with Crippen LogP contribution in [0.4, 0.5) is 4.39 Å². The van der Waals surface area contributed by atoms with Gasteiger partial charge in [0.15, 0.2) is 0 Å². The zero-order valence-corrected chi connectivity index (χ0v) is 10.6. The molecule has 0 unspecified atom stereocenters. The fraction of sp³-hybridized carbons (Fsp3) is 0.333. The summed E-state index contributed by atoms with van der Waals surface area (Å²) < 4.78 is 39.0. The van der Waals surface area contributed by atoms with Crippen molar-refractivity contribution in [2.75, 3.05) is 13.1 Å². The lowest BCUT2D eigenvalue weighted by Gasteiger charge is -2.35. The van der Waals surface area contributed by atoms with Crippen molar-refractivity contribution < 1.29 is 12.8 Å². The van der Waals surface area contributed by atoms with Gasteiger partial charge < -0.3 is 5.73 Å². The third-order valence-electron chi connectivity index (χ3n) is 2.39. The lowest BCUT2D eigenvalue weighted by Crippen LogP contribution is -2.57. The van der Waals surface area contributed by atoms with Crippen molar-refractivity contribution in [3.05, 3.63) is 28.5 Å². The molecular formula is C9H10BrFN2O2S. The van der Waals surface area contributed by atoms with E-state index in [9.17, 15) is 12.8 Å². The first-order chi connectivity index (χ1) is 7.41. The number of hydrogen-bond donors (Lipinski definition) is 1. The molecule has 0 amide bonds. The third-order valence-corrected chi connectivity index (χ3v) is 4.75. The van der Waals surface area contributed by atoms with Gasteiger partial charge in [-0.2, -0.15) is 4.31 Å². The van der Waals surface area contributed by atoms with Gasteiger partial charge in [-0.05, 0) is 18.2 Å². The van der Waals surface area contributed by atoms with Gasteiger partial charge in [-0.1, -0.05) is 15.9 Å². The van der Waals surface area contributed by atoms with Crippen molar-refractivity contribution in [2.45, 2.75) is 10.9 Å². The molecule has 1 fully saturated rings. The predicted octanol–water partition coefficient (Wildman–Crippen LogP) is 0.920. The van der Waals surface area contributed by atoms with Crippen molar-refractivity contribution in [3.63, 3.8) is 0 Å². The standard InChI is InChI=1S/C9H10BrFN2O2S/c10-6-1-2-9(8(11)3-6)16(14,15)13-4-7(12)5-13/h1-3,7H,4-5,12H2. The minimum atomic E-state index is -3.73. The molecular weight excluding hydrogens is 299 g/mol. The van der Waals surface area contributed by atoms with Crippen LogP contribution in [0, 0.1) is 5.82 Å². The van der Waals surface area contributed by atoms with Gasteiger partial charge in [0, 0.05) is 23.6 Å². The highest BCUT2D eigenvalue weighted by molar-refractivity contribution is 9.10. The number of hydrogen-bond acceptors (Lipinski definition) is 3. The van der Waals surface area contributed by atoms with E-state index in [1.54, 1.807) is 0 Å². The number of benzene rings is 1. The van der Waals surface area contributed by atoms with Crippen molar-refractivity contribution >= 4 is 26.0 Å². The second-order valence-corrected chi connectivity index (χ2v) is 6.48. The van der Waals surface area contributed by atoms with Gasteiger partial charge in [-0.15, -0.1) is 0 Å². The highest BCUT2D eigenvalue weighted by Crippen LogP contribution is 2.25. The van der Waals surface area contributed by atoms with Gasteiger partial charge in [0.05, 0.1) is 0 Å². The van der Waals surface area contributed by atoms with Crippen LogP contribution in [0.2, 0.25) is 0 Å². The van der Waals surface area contributed by atoms with Crippen LogP contribution in [0.1, 0.15) is 0 Å². The minimum absolute atomic E-state index is 0.145. The van der Waals surface area contributed by atoms with Gasteiger partial charge >= 0.3 is 0 Å². The Kier molecular flexibility index (Phi) is 3.04. The topological polar surface area (TPSA) is 63.4 Å². The van der Waals surface area contributed by atoms with Crippen molar-refractivity contribution in [3.8, 4) is 0 Å². The largest absolute Gasteiger partial charge is 0.325 e. The number of nitrogens with zero attached hydrogens (tertiary/aromatic N) is 1. The fourth-order valence-corrected chi connectivity index (χ4v) is 3.42. The summed E-state index contributed by atoms with van der Waals surface area (Å²) in [7, 11) is -3.73. The maximum absolute atomic E-state index is 13.5. The molecule has 0 radical (unpaired) electrons. The highest BCUT2D eigenvalue weighted by Gasteiger charge is 2.36. The number of sulfonamides is 1. The highest BCUT2D eigenvalue weighted by atomic mass is 79.9. The van der Waals surface area contributed by atoms with E-state index >= 15 is 0 Å². The molecule has 1 aliphatic heterocycles. The zero-order valence-electron chi connectivity index (χ0n) is 8.23. The fourth-order valence-electron chi connectivity index (χ4n) is 1.49. The molecule has 1 saturated heterocycles. The zero-order chi connectivity index (χ0) is 11.9. The Hall–Kier alpha value is -0.500. The van der Waals surface area contributed by atoms with E-state index in [0.29, 0.717) is 4.47 Å². The van der Waals surface area contributed by atoms with Crippen molar-refractivity contribution in [1.29, 1.82) is 0 Å². The monoisotopic (exact) mass is 308 g/mol. The maximum atomic E-state index is 13.5. The van der Waals surface area contributed by atoms with Gasteiger partial charge in [0.1, 0.15) is 10.7 Å². The van der Waals surface area contributed by atoms with E-state index < -0.39 is 15.8 Å². The SMILES string of the molecule is NC1CN(S(=O)(=O)c2ccc(Br)cc2F)C1. The van der Waals surface area contributed by atoms with Crippen LogP contribution in [0.25, 0.3) is 0 Å². The van der Waals surface area contributed by atoms with E-state index in [-0.39, 0.29) is 24.0 Å². The van der Waals surface area contributed by atoms with E-state index in [1.807, 2.05) is 0 Å². The molecule has 88 valence electrons. The molecule has 0 atom stereocenters. The molecule has 0 saturated carbocycles. The average molecular weight is 309 g/mol. The minimum Gasteiger partial charge on any atom is -0.325 e. The summed E-state index contributed by atoms with van der Waals surface area (Å²) in [4.78, 5) is -0.303. The molecule has 0 aromatic heterocycles. The molecule has 16 heavy (non-hydrogen) atoms. The molecule has 0 aliphatic carbocycles. The van der Waals surface area contributed by atoms with E-state index in [1.165, 1.54) is 16.4 Å². The number of halogens is 2. The van der Waals surface area contributed by atoms with Crippen LogP contribution < -0.4 is 5.73 Å². The molecule has 0 bridgehead atoms. The number of nitrogens with two attached hydrogens (primary N) is 1. The van der Waals surface area contributed by atoms with Crippen LogP contribution >= 0.6 is 15.9 Å². The van der Waals surface area contributed by atoms with Crippen molar-refractivity contribution in [1.82, 2.24) is 4.31 Å². The Morgan fingerprint density at radius 3 is 2.56 bits per heavy atom. The first-order valence-electron chi connectivity index (χ1n) is 4.62. The van der Waals surface area contributed by atoms with Crippen molar-refractivity contribution in [2.24, 2.45) is 5.73 Å². The molecule has 7 heteroatoms. The summed E-state index contributed by atoms with van der Waals surface area (Å²) in [5.41, 5.74) is 5.50. The van der Waals surface area contributed by atoms with Crippen LogP contribution in [0.15, 0.2) is 27.6 Å². The second-order valence-electron chi connectivity index (χ2n) is 3.66. The van der Waals surface area contributed by atoms with Gasteiger partial charge in [-0.3, -0.25) is 0 Å². The van der Waals surface area contributed by atoms with E-state index in [2.05, 4.69) is 15.9 Å². The Morgan fingerprint density at radius 2 is 2.06 bits per heavy atom. The molecule has 4 nitrogen and oxygen atoms in total. The number of rotatable bonds is 2. The lowest BCUT2D eigenvalue weighted by molar-refractivity contribution is 0.264. The smallest absolute Gasteiger partial charge is 0.246 e. The molecule has 1 aliphatic rings. The molecule has 2 rings (SSSR count). The summed E-state index contributed by atoms with van der Waals surface area (Å²) >= 11 is 3.07. The first kappa shape index (κ1) is 12.0. The Morgan fingerprint density at radius 1 is 1.44 bits per heavy atom. The summed E-state index contributed by atoms with van der Waals surface area (Å²) in [6, 6.07) is 3.73. The lowest BCUT2D eigenvalue weighted by atomic mass is 10.2. The summed E-state index contributed by atoms with van der Waals surface area (Å²) in [5.74, 6) is -0.755. The average Bonchev–Trinajstić information content (AvgIpc) is 2.12. The first-order valence-corrected chi connectivity index (χ1v) is 6.85. The van der Waals surface area contributed by atoms with Crippen LogP contribution in [0.5, 0.6) is 0 Å². The van der Waals surface area contributed by atoms with Gasteiger partial charge in [0.25, 0.3) is 0 Å². The molecule has 1 aromatic rings. The van der Waals surface area contributed by atoms with Gasteiger partial charge in [-0.25, -0.2) is 12.8 Å². The predicted molar refractivity (Wildman–Crippen MR) is 60.8 cm³/mol. The van der Waals surface area contributed by atoms with Crippen LogP contribution in [-0.2, 0) is 10.0 Å². The van der Waals surface area contributed by atoms with E-state index in [4.69, 9.17) is 5.73 Å². The van der Waals surface area contributed by atoms with Crippen LogP contribution in [-0.4, -0.2) is 31.9 Å². The van der Waals surface area contributed by atoms with E-state index in [0.717, 1.165) is 6.07 Å². The second kappa shape index (κ2) is 4.06. The molecule has 1 aromatic carbocycles. The molecule has 0 spiro atoms. The Labute approximate surface area is 101 Å². The normalized spacial score (nSPS) is 18.4. The summed E-state index contributed by atoms with van der Waals surface area (Å²) in [6.07, 6.45) is 0. The molecule has 2 N–H and O–H groups in total. The summed E-state index contributed by atoms with van der Waals surface area (Å²) in [6.45, 7) is 0.496. The summed E-state index contributed by atoms with van der Waals surface area (Å²) in [5, 5.41) is 0. The molecule has 1 heterocycles. The Bertz CT molecular complexity index is 514. The quantitative estimate of drug-likeness (QED) is 0.883. The third kappa shape index (κ3) is 2.00. The maximum Gasteiger partial charge on any atom is 0.246 e. The Balaban J connectivity index is 2.36. The van der Waals surface area contributed by atoms with Crippen LogP contribution in [0.3, 0.4) is 0 Å².